The Morgan fingerprint density at radius 3 is 2.63 bits per heavy atom. The summed E-state index contributed by atoms with van der Waals surface area (Å²) >= 11 is 1.39. The van der Waals surface area contributed by atoms with Crippen LogP contribution in [-0.4, -0.2) is 23.3 Å². The smallest absolute Gasteiger partial charge is 0.251 e. The largest absolute Gasteiger partial charge is 0.390 e. The second-order valence-corrected chi connectivity index (χ2v) is 6.38. The number of hydrogen-bond donors (Lipinski definition) is 2. The molecule has 0 atom stereocenters. The average molecular weight is 279 g/mol. The predicted octanol–water partition coefficient (Wildman–Crippen LogP) is 1.11. The number of carbonyl (C=O) groups excluding carboxylic acids is 2. The van der Waals surface area contributed by atoms with Crippen molar-refractivity contribution < 1.29 is 9.59 Å². The number of hydrogen-bond acceptors (Lipinski definition) is 4. The van der Waals surface area contributed by atoms with Crippen molar-refractivity contribution in [1.82, 2.24) is 4.90 Å². The molecule has 2 aliphatic rings. The second kappa shape index (κ2) is 4.52. The molecule has 0 spiro atoms. The minimum Gasteiger partial charge on any atom is -0.390 e. The molecule has 0 bridgehead atoms. The molecule has 1 saturated carbocycles. The van der Waals surface area contributed by atoms with Gasteiger partial charge in [-0.3, -0.25) is 9.59 Å². The Kier molecular flexibility index (Phi) is 2.97. The van der Waals surface area contributed by atoms with E-state index in [9.17, 15) is 9.59 Å². The van der Waals surface area contributed by atoms with E-state index in [1.165, 1.54) is 11.3 Å². The molecule has 5 nitrogen and oxygen atoms in total. The first-order valence-electron chi connectivity index (χ1n) is 6.56. The number of thiophene rings is 1. The molecule has 1 aliphatic heterocycles. The monoisotopic (exact) mass is 279 g/mol. The molecule has 2 amide bonds. The van der Waals surface area contributed by atoms with Crippen LogP contribution in [0.5, 0.6) is 0 Å². The summed E-state index contributed by atoms with van der Waals surface area (Å²) in [7, 11) is 0. The maximum Gasteiger partial charge on any atom is 0.251 e. The highest BCUT2D eigenvalue weighted by Gasteiger charge is 2.33. The predicted molar refractivity (Wildman–Crippen MR) is 73.7 cm³/mol. The Balaban J connectivity index is 1.82. The topological polar surface area (TPSA) is 89.4 Å². The minimum absolute atomic E-state index is 0.217. The first-order valence-corrected chi connectivity index (χ1v) is 7.38. The number of amides is 2. The van der Waals surface area contributed by atoms with E-state index in [0.29, 0.717) is 30.1 Å². The Hall–Kier alpha value is -1.56. The molecular weight excluding hydrogens is 262 g/mol. The van der Waals surface area contributed by atoms with E-state index in [-0.39, 0.29) is 11.8 Å². The number of carbonyl (C=O) groups is 2. The number of nitrogen functional groups attached to an aromatic ring is 1. The average Bonchev–Trinajstić information content (AvgIpc) is 2.61. The number of nitrogens with two attached hydrogens (primary N) is 2. The quantitative estimate of drug-likeness (QED) is 0.850. The highest BCUT2D eigenvalue weighted by atomic mass is 32.1. The van der Waals surface area contributed by atoms with Crippen molar-refractivity contribution in [2.45, 2.75) is 32.2 Å². The first-order chi connectivity index (χ1) is 9.08. The van der Waals surface area contributed by atoms with Crippen molar-refractivity contribution in [3.63, 3.8) is 0 Å². The van der Waals surface area contributed by atoms with E-state index in [2.05, 4.69) is 0 Å². The molecule has 1 aliphatic carbocycles. The highest BCUT2D eigenvalue weighted by Crippen LogP contribution is 2.36. The van der Waals surface area contributed by atoms with Crippen molar-refractivity contribution in [2.75, 3.05) is 12.3 Å². The summed E-state index contributed by atoms with van der Waals surface area (Å²) in [6.45, 7) is 1.24. The van der Waals surface area contributed by atoms with Gasteiger partial charge in [0.15, 0.2) is 0 Å². The zero-order valence-corrected chi connectivity index (χ0v) is 11.5. The van der Waals surface area contributed by atoms with Crippen molar-refractivity contribution >= 4 is 28.2 Å². The molecule has 19 heavy (non-hydrogen) atoms. The van der Waals surface area contributed by atoms with Crippen molar-refractivity contribution in [3.05, 3.63) is 16.0 Å². The molecule has 0 unspecified atom stereocenters. The molecule has 4 N–H and O–H groups in total. The van der Waals surface area contributed by atoms with Crippen molar-refractivity contribution in [3.8, 4) is 0 Å². The lowest BCUT2D eigenvalue weighted by Gasteiger charge is -2.34. The van der Waals surface area contributed by atoms with Crippen LogP contribution in [0, 0.1) is 5.92 Å². The SMILES string of the molecule is NC(=O)c1c(N)sc2c1CCN(C(=O)C1CCC1)C2. The third-order valence-electron chi connectivity index (χ3n) is 4.10. The summed E-state index contributed by atoms with van der Waals surface area (Å²) < 4.78 is 0. The third-order valence-corrected chi connectivity index (χ3v) is 5.14. The molecule has 0 saturated heterocycles. The van der Waals surface area contributed by atoms with Gasteiger partial charge in [0.2, 0.25) is 5.91 Å². The number of nitrogens with zero attached hydrogens (tertiary/aromatic N) is 1. The van der Waals surface area contributed by atoms with Gasteiger partial charge in [0.1, 0.15) is 0 Å². The van der Waals surface area contributed by atoms with Gasteiger partial charge in [0.25, 0.3) is 5.91 Å². The first kappa shape index (κ1) is 12.5. The molecule has 1 aromatic heterocycles. The van der Waals surface area contributed by atoms with Gasteiger partial charge in [-0.25, -0.2) is 0 Å². The van der Waals surface area contributed by atoms with Gasteiger partial charge < -0.3 is 16.4 Å². The summed E-state index contributed by atoms with van der Waals surface area (Å²) in [6, 6.07) is 0. The Morgan fingerprint density at radius 1 is 1.32 bits per heavy atom. The highest BCUT2D eigenvalue weighted by molar-refractivity contribution is 7.16. The minimum atomic E-state index is -0.464. The van der Waals surface area contributed by atoms with E-state index >= 15 is 0 Å². The van der Waals surface area contributed by atoms with Crippen LogP contribution >= 0.6 is 11.3 Å². The summed E-state index contributed by atoms with van der Waals surface area (Å²) in [5, 5.41) is 0.482. The van der Waals surface area contributed by atoms with Gasteiger partial charge in [-0.1, -0.05) is 6.42 Å². The molecule has 2 heterocycles. The lowest BCUT2D eigenvalue weighted by atomic mass is 9.84. The maximum atomic E-state index is 12.2. The molecule has 102 valence electrons. The summed E-state index contributed by atoms with van der Waals surface area (Å²) in [6.07, 6.45) is 3.87. The number of anilines is 1. The number of fused-ring (bicyclic) bond motifs is 1. The summed E-state index contributed by atoms with van der Waals surface area (Å²) in [5.41, 5.74) is 12.6. The van der Waals surface area contributed by atoms with Gasteiger partial charge >= 0.3 is 0 Å². The van der Waals surface area contributed by atoms with Gasteiger partial charge in [-0.2, -0.15) is 0 Å². The Labute approximate surface area is 115 Å². The van der Waals surface area contributed by atoms with Crippen molar-refractivity contribution in [2.24, 2.45) is 11.7 Å². The Morgan fingerprint density at radius 2 is 2.05 bits per heavy atom. The number of primary amides is 1. The summed E-state index contributed by atoms with van der Waals surface area (Å²) in [4.78, 5) is 26.5. The van der Waals surface area contributed by atoms with Crippen LogP contribution in [0.1, 0.15) is 40.1 Å². The molecule has 6 heteroatoms. The van der Waals surface area contributed by atoms with Crippen LogP contribution in [-0.2, 0) is 17.8 Å². The molecule has 3 rings (SSSR count). The van der Waals surface area contributed by atoms with Crippen LogP contribution in [0.15, 0.2) is 0 Å². The van der Waals surface area contributed by atoms with E-state index < -0.39 is 5.91 Å². The van der Waals surface area contributed by atoms with Gasteiger partial charge in [-0.15, -0.1) is 11.3 Å². The fourth-order valence-electron chi connectivity index (χ4n) is 2.80. The lowest BCUT2D eigenvalue weighted by Crippen LogP contribution is -2.41. The number of rotatable bonds is 2. The van der Waals surface area contributed by atoms with Crippen LogP contribution in [0.4, 0.5) is 5.00 Å². The van der Waals surface area contributed by atoms with Crippen LogP contribution < -0.4 is 11.5 Å². The second-order valence-electron chi connectivity index (χ2n) is 5.24. The molecule has 0 aromatic carbocycles. The van der Waals surface area contributed by atoms with Crippen molar-refractivity contribution in [1.29, 1.82) is 0 Å². The van der Waals surface area contributed by atoms with E-state index in [1.54, 1.807) is 0 Å². The fraction of sp³-hybridized carbons (Fsp3) is 0.538. The van der Waals surface area contributed by atoms with E-state index in [1.807, 2.05) is 4.90 Å². The van der Waals surface area contributed by atoms with Gasteiger partial charge in [-0.05, 0) is 24.8 Å². The van der Waals surface area contributed by atoms with E-state index in [4.69, 9.17) is 11.5 Å². The van der Waals surface area contributed by atoms with Crippen LogP contribution in [0.2, 0.25) is 0 Å². The molecular formula is C13H17N3O2S. The Bertz CT molecular complexity index is 548. The molecule has 0 radical (unpaired) electrons. The molecule has 1 aromatic rings. The standard InChI is InChI=1S/C13H17N3O2S/c14-11(17)10-8-4-5-16(6-9(8)19-12(10)15)13(18)7-2-1-3-7/h7H,1-6,15H2,(H2,14,17). The molecule has 1 fully saturated rings. The van der Waals surface area contributed by atoms with Gasteiger partial charge in [0, 0.05) is 17.3 Å². The normalized spacial score (nSPS) is 18.8. The fourth-order valence-corrected chi connectivity index (χ4v) is 3.94. The lowest BCUT2D eigenvalue weighted by molar-refractivity contribution is -0.139. The zero-order chi connectivity index (χ0) is 13.6. The summed E-state index contributed by atoms with van der Waals surface area (Å²) in [5.74, 6) is 0.00716. The van der Waals surface area contributed by atoms with Gasteiger partial charge in [0.05, 0.1) is 17.1 Å². The van der Waals surface area contributed by atoms with Crippen LogP contribution in [0.3, 0.4) is 0 Å². The van der Waals surface area contributed by atoms with E-state index in [0.717, 1.165) is 29.7 Å². The van der Waals surface area contributed by atoms with Crippen LogP contribution in [0.25, 0.3) is 0 Å². The third kappa shape index (κ3) is 2.00. The maximum absolute atomic E-state index is 12.2. The zero-order valence-electron chi connectivity index (χ0n) is 10.6.